The third-order valence-corrected chi connectivity index (χ3v) is 2.81. The van der Waals surface area contributed by atoms with E-state index in [-0.39, 0.29) is 11.4 Å². The minimum Gasteiger partial charge on any atom is -0.463 e. The van der Waals surface area contributed by atoms with Gasteiger partial charge in [-0.2, -0.15) is 0 Å². The van der Waals surface area contributed by atoms with Crippen molar-refractivity contribution in [1.82, 2.24) is 0 Å². The molecule has 0 radical (unpaired) electrons. The molecule has 1 atom stereocenters. The SMILES string of the molecule is COC(=O)c1ccc(C(C)Nc2cc(F)c(F)c(F)c2)o1. The second-order valence-corrected chi connectivity index (χ2v) is 4.31. The number of methoxy groups -OCH3 is 1. The minimum atomic E-state index is -1.53. The average molecular weight is 299 g/mol. The van der Waals surface area contributed by atoms with Crippen LogP contribution >= 0.6 is 0 Å². The first kappa shape index (κ1) is 15.0. The predicted molar refractivity (Wildman–Crippen MR) is 68.4 cm³/mol. The van der Waals surface area contributed by atoms with Gasteiger partial charge in [0.1, 0.15) is 5.76 Å². The van der Waals surface area contributed by atoms with Gasteiger partial charge >= 0.3 is 5.97 Å². The van der Waals surface area contributed by atoms with Gasteiger partial charge in [0.25, 0.3) is 0 Å². The fourth-order valence-corrected chi connectivity index (χ4v) is 1.76. The first-order chi connectivity index (χ1) is 9.92. The van der Waals surface area contributed by atoms with Crippen molar-refractivity contribution in [1.29, 1.82) is 0 Å². The lowest BCUT2D eigenvalue weighted by atomic mass is 10.2. The number of furan rings is 1. The molecule has 0 spiro atoms. The zero-order chi connectivity index (χ0) is 15.6. The molecule has 1 aromatic heterocycles. The Balaban J connectivity index is 2.16. The van der Waals surface area contributed by atoms with E-state index in [2.05, 4.69) is 10.1 Å². The van der Waals surface area contributed by atoms with E-state index in [0.29, 0.717) is 5.76 Å². The van der Waals surface area contributed by atoms with Crippen LogP contribution in [0.3, 0.4) is 0 Å². The Morgan fingerprint density at radius 1 is 1.24 bits per heavy atom. The fraction of sp³-hybridized carbons (Fsp3) is 0.214. The lowest BCUT2D eigenvalue weighted by molar-refractivity contribution is 0.0562. The third-order valence-electron chi connectivity index (χ3n) is 2.81. The second kappa shape index (κ2) is 5.90. The third kappa shape index (κ3) is 3.18. The molecule has 21 heavy (non-hydrogen) atoms. The van der Waals surface area contributed by atoms with Crippen LogP contribution in [0.5, 0.6) is 0 Å². The monoisotopic (exact) mass is 299 g/mol. The maximum atomic E-state index is 13.1. The van der Waals surface area contributed by atoms with Crippen molar-refractivity contribution in [2.75, 3.05) is 12.4 Å². The van der Waals surface area contributed by atoms with E-state index < -0.39 is 29.5 Å². The summed E-state index contributed by atoms with van der Waals surface area (Å²) >= 11 is 0. The van der Waals surface area contributed by atoms with Crippen LogP contribution in [0.2, 0.25) is 0 Å². The van der Waals surface area contributed by atoms with E-state index >= 15 is 0 Å². The summed E-state index contributed by atoms with van der Waals surface area (Å²) in [6.45, 7) is 1.65. The smallest absolute Gasteiger partial charge is 0.373 e. The Hall–Kier alpha value is -2.44. The molecule has 4 nitrogen and oxygen atoms in total. The molecular formula is C14H12F3NO3. The Morgan fingerprint density at radius 2 is 1.86 bits per heavy atom. The molecule has 2 rings (SSSR count). The van der Waals surface area contributed by atoms with Crippen molar-refractivity contribution in [3.05, 3.63) is 53.2 Å². The van der Waals surface area contributed by atoms with Gasteiger partial charge in [0.15, 0.2) is 17.5 Å². The maximum absolute atomic E-state index is 13.1. The van der Waals surface area contributed by atoms with Gasteiger partial charge in [-0.15, -0.1) is 0 Å². The van der Waals surface area contributed by atoms with Gasteiger partial charge in [0.05, 0.1) is 13.2 Å². The molecule has 1 N–H and O–H groups in total. The van der Waals surface area contributed by atoms with Crippen molar-refractivity contribution in [2.45, 2.75) is 13.0 Å². The number of nitrogens with one attached hydrogen (secondary N) is 1. The summed E-state index contributed by atoms with van der Waals surface area (Å²) in [5, 5.41) is 2.74. The molecule has 0 fully saturated rings. The lowest BCUT2D eigenvalue weighted by Gasteiger charge is -2.13. The molecule has 112 valence electrons. The van der Waals surface area contributed by atoms with Crippen LogP contribution in [0.1, 0.15) is 29.3 Å². The molecule has 0 aliphatic carbocycles. The van der Waals surface area contributed by atoms with Gasteiger partial charge in [-0.05, 0) is 19.1 Å². The molecule has 0 aliphatic heterocycles. The van der Waals surface area contributed by atoms with Gasteiger partial charge in [0, 0.05) is 17.8 Å². The molecule has 0 saturated carbocycles. The van der Waals surface area contributed by atoms with Crippen LogP contribution in [-0.2, 0) is 4.74 Å². The number of rotatable bonds is 4. The topological polar surface area (TPSA) is 51.5 Å². The number of hydrogen-bond donors (Lipinski definition) is 1. The summed E-state index contributed by atoms with van der Waals surface area (Å²) in [6.07, 6.45) is 0. The molecule has 0 bridgehead atoms. The van der Waals surface area contributed by atoms with Crippen LogP contribution in [0.15, 0.2) is 28.7 Å². The molecule has 0 saturated heterocycles. The highest BCUT2D eigenvalue weighted by atomic mass is 19.2. The zero-order valence-corrected chi connectivity index (χ0v) is 11.2. The Morgan fingerprint density at radius 3 is 2.43 bits per heavy atom. The average Bonchev–Trinajstić information content (AvgIpc) is 2.93. The fourth-order valence-electron chi connectivity index (χ4n) is 1.76. The number of halogens is 3. The Kier molecular flexibility index (Phi) is 4.21. The van der Waals surface area contributed by atoms with Crippen molar-refractivity contribution < 1.29 is 27.1 Å². The number of esters is 1. The number of anilines is 1. The van der Waals surface area contributed by atoms with Crippen LogP contribution in [-0.4, -0.2) is 13.1 Å². The molecule has 0 amide bonds. The number of benzene rings is 1. The van der Waals surface area contributed by atoms with Crippen molar-refractivity contribution >= 4 is 11.7 Å². The largest absolute Gasteiger partial charge is 0.463 e. The first-order valence-electron chi connectivity index (χ1n) is 6.01. The van der Waals surface area contributed by atoms with Gasteiger partial charge in [-0.25, -0.2) is 18.0 Å². The number of hydrogen-bond acceptors (Lipinski definition) is 4. The van der Waals surface area contributed by atoms with Gasteiger partial charge in [-0.1, -0.05) is 0 Å². The number of carbonyl (C=O) groups excluding carboxylic acids is 1. The van der Waals surface area contributed by atoms with Crippen molar-refractivity contribution in [2.24, 2.45) is 0 Å². The van der Waals surface area contributed by atoms with E-state index in [0.717, 1.165) is 12.1 Å². The van der Waals surface area contributed by atoms with Crippen LogP contribution in [0.4, 0.5) is 18.9 Å². The van der Waals surface area contributed by atoms with Gasteiger partial charge in [-0.3, -0.25) is 0 Å². The zero-order valence-electron chi connectivity index (χ0n) is 11.2. The highest BCUT2D eigenvalue weighted by molar-refractivity contribution is 5.86. The minimum absolute atomic E-state index is 0.0117. The summed E-state index contributed by atoms with van der Waals surface area (Å²) in [5.74, 6) is -4.37. The summed E-state index contributed by atoms with van der Waals surface area (Å²) < 4.78 is 48.8. The quantitative estimate of drug-likeness (QED) is 0.691. The number of ether oxygens (including phenoxy) is 1. The molecule has 7 heteroatoms. The molecular weight excluding hydrogens is 287 g/mol. The highest BCUT2D eigenvalue weighted by Crippen LogP contribution is 2.24. The second-order valence-electron chi connectivity index (χ2n) is 4.31. The van der Waals surface area contributed by atoms with Crippen LogP contribution in [0, 0.1) is 17.5 Å². The van der Waals surface area contributed by atoms with Crippen LogP contribution in [0.25, 0.3) is 0 Å². The van der Waals surface area contributed by atoms with E-state index in [9.17, 15) is 18.0 Å². The molecule has 1 unspecified atom stereocenters. The molecule has 1 aromatic carbocycles. The lowest BCUT2D eigenvalue weighted by Crippen LogP contribution is -2.07. The summed E-state index contributed by atoms with van der Waals surface area (Å²) in [4.78, 5) is 11.3. The summed E-state index contributed by atoms with van der Waals surface area (Å²) in [7, 11) is 1.22. The molecule has 1 heterocycles. The molecule has 0 aliphatic rings. The summed E-state index contributed by atoms with van der Waals surface area (Å²) in [5.41, 5.74) is 0.0509. The van der Waals surface area contributed by atoms with Crippen LogP contribution < -0.4 is 5.32 Å². The van der Waals surface area contributed by atoms with Crippen molar-refractivity contribution in [3.63, 3.8) is 0 Å². The van der Waals surface area contributed by atoms with E-state index in [1.54, 1.807) is 6.92 Å². The highest BCUT2D eigenvalue weighted by Gasteiger charge is 2.17. The Bertz CT molecular complexity index is 646. The van der Waals surface area contributed by atoms with Gasteiger partial charge < -0.3 is 14.5 Å². The standard InChI is InChI=1S/C14H12F3NO3/c1-7(11-3-4-12(21-11)14(19)20-2)18-8-5-9(15)13(17)10(16)6-8/h3-7,18H,1-2H3. The predicted octanol–water partition coefficient (Wildman–Crippen LogP) is 3.66. The van der Waals surface area contributed by atoms with Gasteiger partial charge in [0.2, 0.25) is 5.76 Å². The Labute approximate surface area is 118 Å². The molecule has 2 aromatic rings. The first-order valence-corrected chi connectivity index (χ1v) is 6.01. The normalized spacial score (nSPS) is 12.0. The number of carbonyl (C=O) groups is 1. The summed E-state index contributed by atoms with van der Waals surface area (Å²) in [6, 6.07) is 4.12. The van der Waals surface area contributed by atoms with E-state index in [1.807, 2.05) is 0 Å². The van der Waals surface area contributed by atoms with E-state index in [4.69, 9.17) is 4.42 Å². The van der Waals surface area contributed by atoms with Crippen molar-refractivity contribution in [3.8, 4) is 0 Å². The maximum Gasteiger partial charge on any atom is 0.373 e. The van der Waals surface area contributed by atoms with E-state index in [1.165, 1.54) is 19.2 Å².